The molecule has 2 N–H and O–H groups in total. The number of hydrogen-bond donors (Lipinski definition) is 2. The Morgan fingerprint density at radius 3 is 1.50 bits per heavy atom. The van der Waals surface area contributed by atoms with E-state index < -0.39 is 32.5 Å². The van der Waals surface area contributed by atoms with Gasteiger partial charge in [0.2, 0.25) is 0 Å². The molecule has 0 aromatic rings. The summed E-state index contributed by atoms with van der Waals surface area (Å²) in [4.78, 5) is 42.7. The van der Waals surface area contributed by atoms with E-state index in [1.165, 1.54) is 57.8 Å². The first-order chi connectivity index (χ1) is 24.3. The molecule has 0 radical (unpaired) electrons. The summed E-state index contributed by atoms with van der Waals surface area (Å²) >= 11 is 0. The lowest BCUT2D eigenvalue weighted by atomic mass is 10.1. The minimum atomic E-state index is -4.77. The van der Waals surface area contributed by atoms with Crippen molar-refractivity contribution < 1.29 is 37.9 Å². The maximum atomic E-state index is 12.3. The molecule has 0 aliphatic heterocycles. The van der Waals surface area contributed by atoms with Gasteiger partial charge in [0.25, 0.3) is 0 Å². The molecule has 1 atom stereocenters. The van der Waals surface area contributed by atoms with E-state index >= 15 is 0 Å². The van der Waals surface area contributed by atoms with Crippen molar-refractivity contribution in [3.63, 3.8) is 0 Å². The highest BCUT2D eigenvalue weighted by Gasteiger charge is 2.22. The summed E-state index contributed by atoms with van der Waals surface area (Å²) in [5.41, 5.74) is 0. The lowest BCUT2D eigenvalue weighted by Gasteiger charge is -2.18. The van der Waals surface area contributed by atoms with Crippen LogP contribution in [0.2, 0.25) is 0 Å². The van der Waals surface area contributed by atoms with Crippen LogP contribution in [-0.2, 0) is 28.2 Å². The minimum Gasteiger partial charge on any atom is -0.462 e. The van der Waals surface area contributed by atoms with Crippen molar-refractivity contribution in [3.05, 3.63) is 72.9 Å². The van der Waals surface area contributed by atoms with E-state index in [1.807, 2.05) is 0 Å². The van der Waals surface area contributed by atoms with Gasteiger partial charge in [-0.15, -0.1) is 0 Å². The largest absolute Gasteiger partial charge is 0.469 e. The molecule has 0 aromatic carbocycles. The molecule has 0 amide bonds. The SMILES string of the molecule is CC/C=C/C/C=C/C/C=C/C/C=C/CCCCC(=O)O[C@H](COC(=O)CCC/C=C/C/C=C/CCCCCCCCCCC)COP(=O)(O)O. The number of hydrogen-bond acceptors (Lipinski definition) is 6. The van der Waals surface area contributed by atoms with E-state index in [-0.39, 0.29) is 19.4 Å². The predicted molar refractivity (Wildman–Crippen MR) is 207 cm³/mol. The molecular weight excluding hydrogens is 651 g/mol. The highest BCUT2D eigenvalue weighted by atomic mass is 31.2. The van der Waals surface area contributed by atoms with Gasteiger partial charge in [-0.1, -0.05) is 138 Å². The van der Waals surface area contributed by atoms with E-state index in [2.05, 4.69) is 91.3 Å². The van der Waals surface area contributed by atoms with Crippen molar-refractivity contribution in [3.8, 4) is 0 Å². The van der Waals surface area contributed by atoms with Gasteiger partial charge >= 0.3 is 19.8 Å². The Morgan fingerprint density at radius 1 is 0.540 bits per heavy atom. The average molecular weight is 721 g/mol. The van der Waals surface area contributed by atoms with Gasteiger partial charge in [-0.3, -0.25) is 14.1 Å². The Hall–Kier alpha value is -2.51. The Balaban J connectivity index is 4.11. The maximum Gasteiger partial charge on any atom is 0.469 e. The first-order valence-electron chi connectivity index (χ1n) is 19.2. The molecular formula is C41H69O8P. The molecule has 0 aliphatic rings. The fourth-order valence-corrected chi connectivity index (χ4v) is 5.23. The summed E-state index contributed by atoms with van der Waals surface area (Å²) in [7, 11) is -4.77. The molecule has 0 saturated carbocycles. The van der Waals surface area contributed by atoms with Gasteiger partial charge in [-0.25, -0.2) is 4.57 Å². The number of esters is 2. The zero-order valence-electron chi connectivity index (χ0n) is 31.3. The third-order valence-corrected chi connectivity index (χ3v) is 8.19. The zero-order valence-corrected chi connectivity index (χ0v) is 32.2. The molecule has 0 unspecified atom stereocenters. The van der Waals surface area contributed by atoms with Crippen LogP contribution in [0.3, 0.4) is 0 Å². The maximum absolute atomic E-state index is 12.3. The van der Waals surface area contributed by atoms with Crippen LogP contribution in [0.1, 0.15) is 155 Å². The van der Waals surface area contributed by atoms with Crippen LogP contribution in [0.5, 0.6) is 0 Å². The molecule has 0 aliphatic carbocycles. The second kappa shape index (κ2) is 36.3. The van der Waals surface area contributed by atoms with Gasteiger partial charge in [0.1, 0.15) is 6.61 Å². The number of rotatable bonds is 34. The van der Waals surface area contributed by atoms with Gasteiger partial charge in [-0.2, -0.15) is 0 Å². The summed E-state index contributed by atoms with van der Waals surface area (Å²) in [6.45, 7) is 3.48. The van der Waals surface area contributed by atoms with Gasteiger partial charge in [0.15, 0.2) is 6.10 Å². The number of ether oxygens (including phenoxy) is 2. The van der Waals surface area contributed by atoms with Gasteiger partial charge < -0.3 is 19.3 Å². The third-order valence-electron chi connectivity index (χ3n) is 7.71. The smallest absolute Gasteiger partial charge is 0.462 e. The summed E-state index contributed by atoms with van der Waals surface area (Å²) in [6.07, 6.45) is 46.4. The number of phosphoric acid groups is 1. The fraction of sp³-hybridized carbons (Fsp3) is 0.659. The first-order valence-corrected chi connectivity index (χ1v) is 20.8. The van der Waals surface area contributed by atoms with Gasteiger partial charge in [-0.05, 0) is 77.0 Å². The fourth-order valence-electron chi connectivity index (χ4n) is 4.87. The monoisotopic (exact) mass is 720 g/mol. The quantitative estimate of drug-likeness (QED) is 0.0292. The van der Waals surface area contributed by atoms with Crippen LogP contribution >= 0.6 is 7.82 Å². The molecule has 0 saturated heterocycles. The molecule has 0 spiro atoms. The van der Waals surface area contributed by atoms with Gasteiger partial charge in [0, 0.05) is 12.8 Å². The van der Waals surface area contributed by atoms with Crippen LogP contribution in [0.4, 0.5) is 0 Å². The van der Waals surface area contributed by atoms with E-state index in [1.54, 1.807) is 0 Å². The minimum absolute atomic E-state index is 0.147. The average Bonchev–Trinajstić information content (AvgIpc) is 3.08. The number of carbonyl (C=O) groups is 2. The Kier molecular flexibility index (Phi) is 34.5. The van der Waals surface area contributed by atoms with Crippen LogP contribution in [0.15, 0.2) is 72.9 Å². The number of carbonyl (C=O) groups excluding carboxylic acids is 2. The molecule has 0 aromatic heterocycles. The van der Waals surface area contributed by atoms with Crippen molar-refractivity contribution >= 4 is 19.8 Å². The normalized spacial score (nSPS) is 13.3. The zero-order chi connectivity index (χ0) is 36.8. The van der Waals surface area contributed by atoms with Crippen LogP contribution in [0.25, 0.3) is 0 Å². The topological polar surface area (TPSA) is 119 Å². The van der Waals surface area contributed by atoms with Crippen molar-refractivity contribution in [1.82, 2.24) is 0 Å². The third kappa shape index (κ3) is 38.3. The Bertz CT molecular complexity index is 1040. The van der Waals surface area contributed by atoms with Crippen molar-refractivity contribution in [2.75, 3.05) is 13.2 Å². The summed E-state index contributed by atoms with van der Waals surface area (Å²) in [5.74, 6) is -0.993. The van der Waals surface area contributed by atoms with E-state index in [0.29, 0.717) is 12.8 Å². The standard InChI is InChI=1S/C41H69O8P/c1-3-5-7-9-11-13-15-17-19-20-22-23-25-27-29-31-33-35-40(42)47-37-39(38-48-50(44,45)46)49-41(43)36-34-32-30-28-26-24-21-18-16-14-12-10-8-6-4-2/h6,8,12,14,18,21-23,26-29,39H,3-5,7,9-11,13,15-17,19-20,24-25,30-38H2,1-2H3,(H2,44,45,46)/b8-6+,14-12+,21-18+,23-22+,28-26+,29-27+/t39-/m1/s1. The molecule has 9 heteroatoms. The molecule has 0 rings (SSSR count). The lowest BCUT2D eigenvalue weighted by Crippen LogP contribution is -2.29. The second-order valence-corrected chi connectivity index (χ2v) is 13.8. The summed E-state index contributed by atoms with van der Waals surface area (Å²) < 4.78 is 26.2. The first kappa shape index (κ1) is 47.5. The van der Waals surface area contributed by atoms with Crippen LogP contribution in [0, 0.1) is 0 Å². The molecule has 0 fully saturated rings. The molecule has 8 nitrogen and oxygen atoms in total. The predicted octanol–water partition coefficient (Wildman–Crippen LogP) is 11.5. The summed E-state index contributed by atoms with van der Waals surface area (Å²) in [6, 6.07) is 0. The lowest BCUT2D eigenvalue weighted by molar-refractivity contribution is -0.161. The van der Waals surface area contributed by atoms with Crippen LogP contribution in [-0.4, -0.2) is 41.0 Å². The van der Waals surface area contributed by atoms with Crippen LogP contribution < -0.4 is 0 Å². The van der Waals surface area contributed by atoms with E-state index in [4.69, 9.17) is 19.3 Å². The number of phosphoric ester groups is 1. The van der Waals surface area contributed by atoms with E-state index in [9.17, 15) is 14.2 Å². The molecule has 50 heavy (non-hydrogen) atoms. The van der Waals surface area contributed by atoms with Crippen molar-refractivity contribution in [2.24, 2.45) is 0 Å². The van der Waals surface area contributed by atoms with Crippen molar-refractivity contribution in [1.29, 1.82) is 0 Å². The highest BCUT2D eigenvalue weighted by Crippen LogP contribution is 2.35. The number of unbranched alkanes of at least 4 members (excludes halogenated alkanes) is 12. The second-order valence-electron chi connectivity index (χ2n) is 12.5. The van der Waals surface area contributed by atoms with Crippen molar-refractivity contribution in [2.45, 2.75) is 161 Å². The highest BCUT2D eigenvalue weighted by molar-refractivity contribution is 7.46. The Morgan fingerprint density at radius 2 is 0.980 bits per heavy atom. The van der Waals surface area contributed by atoms with E-state index in [0.717, 1.165) is 57.8 Å². The molecule has 0 bridgehead atoms. The molecule has 286 valence electrons. The Labute approximate surface area is 304 Å². The number of allylic oxidation sites excluding steroid dienone is 12. The molecule has 0 heterocycles. The van der Waals surface area contributed by atoms with Gasteiger partial charge in [0.05, 0.1) is 6.61 Å². The summed E-state index contributed by atoms with van der Waals surface area (Å²) in [5, 5.41) is 0.